The Balaban J connectivity index is 0.00000225. The highest BCUT2D eigenvalue weighted by Gasteiger charge is 2.32. The summed E-state index contributed by atoms with van der Waals surface area (Å²) in [4.78, 5) is 5.33. The standard InChI is InChI=1S/C24H33N3.ClH/c1-20-7-9-23(10-8-20)27-18-14-25-19-24(27)22-12-16-26(17-13-22)15-11-21-5-3-2-4-6-21;/h2-10,22,24-25H,11-19H2,1H3;1H. The zero-order chi connectivity index (χ0) is 18.5. The molecule has 2 aliphatic heterocycles. The van der Waals surface area contributed by atoms with Crippen LogP contribution in [0, 0.1) is 12.8 Å². The lowest BCUT2D eigenvalue weighted by Gasteiger charge is -2.45. The van der Waals surface area contributed by atoms with Crippen molar-refractivity contribution in [1.82, 2.24) is 10.2 Å². The van der Waals surface area contributed by atoms with Crippen LogP contribution in [0.3, 0.4) is 0 Å². The van der Waals surface area contributed by atoms with Gasteiger partial charge in [-0.25, -0.2) is 0 Å². The van der Waals surface area contributed by atoms with Crippen LogP contribution in [-0.4, -0.2) is 50.2 Å². The number of anilines is 1. The molecule has 0 radical (unpaired) electrons. The number of nitrogens with zero attached hydrogens (tertiary/aromatic N) is 2. The van der Waals surface area contributed by atoms with Gasteiger partial charge in [0.2, 0.25) is 0 Å². The molecule has 0 amide bonds. The maximum Gasteiger partial charge on any atom is 0.0444 e. The molecule has 0 aromatic heterocycles. The minimum atomic E-state index is 0. The van der Waals surface area contributed by atoms with Gasteiger partial charge in [-0.3, -0.25) is 0 Å². The normalized spacial score (nSPS) is 21.3. The van der Waals surface area contributed by atoms with Crippen LogP contribution < -0.4 is 10.2 Å². The minimum absolute atomic E-state index is 0. The summed E-state index contributed by atoms with van der Waals surface area (Å²) in [5, 5.41) is 3.65. The smallest absolute Gasteiger partial charge is 0.0444 e. The Morgan fingerprint density at radius 2 is 1.64 bits per heavy atom. The van der Waals surface area contributed by atoms with Crippen LogP contribution in [-0.2, 0) is 6.42 Å². The van der Waals surface area contributed by atoms with Crippen molar-refractivity contribution in [2.75, 3.05) is 44.2 Å². The van der Waals surface area contributed by atoms with Crippen molar-refractivity contribution < 1.29 is 0 Å². The molecule has 152 valence electrons. The SMILES string of the molecule is Cc1ccc(N2CCNCC2C2CCN(CCc3ccccc3)CC2)cc1.Cl. The van der Waals surface area contributed by atoms with Gasteiger partial charge in [-0.2, -0.15) is 0 Å². The lowest BCUT2D eigenvalue weighted by Crippen LogP contribution is -2.56. The molecule has 2 aromatic carbocycles. The van der Waals surface area contributed by atoms with Crippen molar-refractivity contribution in [3.05, 3.63) is 65.7 Å². The zero-order valence-electron chi connectivity index (χ0n) is 17.0. The predicted molar refractivity (Wildman–Crippen MR) is 122 cm³/mol. The van der Waals surface area contributed by atoms with Crippen LogP contribution in [0.4, 0.5) is 5.69 Å². The first kappa shape index (κ1) is 21.2. The quantitative estimate of drug-likeness (QED) is 0.814. The Hall–Kier alpha value is -1.55. The van der Waals surface area contributed by atoms with Gasteiger partial charge < -0.3 is 15.1 Å². The van der Waals surface area contributed by atoms with Crippen molar-refractivity contribution >= 4 is 18.1 Å². The zero-order valence-corrected chi connectivity index (χ0v) is 17.8. The van der Waals surface area contributed by atoms with E-state index in [9.17, 15) is 0 Å². The van der Waals surface area contributed by atoms with E-state index in [-0.39, 0.29) is 12.4 Å². The number of nitrogens with one attached hydrogen (secondary N) is 1. The third kappa shape index (κ3) is 5.28. The monoisotopic (exact) mass is 399 g/mol. The fourth-order valence-corrected chi connectivity index (χ4v) is 4.70. The number of benzene rings is 2. The highest BCUT2D eigenvalue weighted by molar-refractivity contribution is 5.85. The molecule has 4 rings (SSSR count). The van der Waals surface area contributed by atoms with Gasteiger partial charge in [-0.1, -0.05) is 48.0 Å². The highest BCUT2D eigenvalue weighted by Crippen LogP contribution is 2.29. The number of rotatable bonds is 5. The van der Waals surface area contributed by atoms with Gasteiger partial charge in [0, 0.05) is 37.9 Å². The van der Waals surface area contributed by atoms with E-state index in [2.05, 4.69) is 76.6 Å². The molecule has 0 aliphatic carbocycles. The first-order valence-electron chi connectivity index (χ1n) is 10.6. The topological polar surface area (TPSA) is 18.5 Å². The van der Waals surface area contributed by atoms with Crippen LogP contribution in [0.15, 0.2) is 54.6 Å². The summed E-state index contributed by atoms with van der Waals surface area (Å²) in [5.74, 6) is 0.798. The van der Waals surface area contributed by atoms with Crippen LogP contribution >= 0.6 is 12.4 Å². The molecule has 1 atom stereocenters. The molecule has 1 N–H and O–H groups in total. The average Bonchev–Trinajstić information content (AvgIpc) is 2.74. The van der Waals surface area contributed by atoms with Crippen LogP contribution in [0.1, 0.15) is 24.0 Å². The van der Waals surface area contributed by atoms with Crippen LogP contribution in [0.2, 0.25) is 0 Å². The summed E-state index contributed by atoms with van der Waals surface area (Å²) in [6.07, 6.45) is 3.82. The number of piperidine rings is 1. The highest BCUT2D eigenvalue weighted by atomic mass is 35.5. The molecular weight excluding hydrogens is 366 g/mol. The first-order valence-corrected chi connectivity index (χ1v) is 10.6. The third-order valence-electron chi connectivity index (χ3n) is 6.38. The number of halogens is 1. The lowest BCUT2D eigenvalue weighted by atomic mass is 9.87. The van der Waals surface area contributed by atoms with E-state index in [1.54, 1.807) is 0 Å². The number of hydrogen-bond acceptors (Lipinski definition) is 3. The lowest BCUT2D eigenvalue weighted by molar-refractivity contribution is 0.162. The Kier molecular flexibility index (Phi) is 7.78. The maximum atomic E-state index is 3.65. The van der Waals surface area contributed by atoms with Gasteiger partial charge in [-0.05, 0) is 62.9 Å². The second-order valence-corrected chi connectivity index (χ2v) is 8.22. The van der Waals surface area contributed by atoms with Crippen LogP contribution in [0.5, 0.6) is 0 Å². The second kappa shape index (κ2) is 10.3. The van der Waals surface area contributed by atoms with E-state index >= 15 is 0 Å². The van der Waals surface area contributed by atoms with Gasteiger partial charge >= 0.3 is 0 Å². The Labute approximate surface area is 176 Å². The van der Waals surface area contributed by atoms with Crippen LogP contribution in [0.25, 0.3) is 0 Å². The predicted octanol–water partition coefficient (Wildman–Crippen LogP) is 4.15. The Morgan fingerprint density at radius 1 is 0.929 bits per heavy atom. The fraction of sp³-hybridized carbons (Fsp3) is 0.500. The molecule has 0 spiro atoms. The number of hydrogen-bond donors (Lipinski definition) is 1. The summed E-state index contributed by atoms with van der Waals surface area (Å²) >= 11 is 0. The molecule has 2 saturated heterocycles. The molecule has 2 aliphatic rings. The molecule has 0 saturated carbocycles. The molecule has 3 nitrogen and oxygen atoms in total. The van der Waals surface area contributed by atoms with E-state index < -0.39 is 0 Å². The van der Waals surface area contributed by atoms with Crippen molar-refractivity contribution in [2.24, 2.45) is 5.92 Å². The summed E-state index contributed by atoms with van der Waals surface area (Å²) < 4.78 is 0. The summed E-state index contributed by atoms with van der Waals surface area (Å²) in [7, 11) is 0. The van der Waals surface area contributed by atoms with Gasteiger partial charge in [-0.15, -0.1) is 12.4 Å². The molecule has 2 fully saturated rings. The number of aryl methyl sites for hydroxylation is 1. The van der Waals surface area contributed by atoms with E-state index in [0.717, 1.165) is 25.6 Å². The number of likely N-dealkylation sites (tertiary alicyclic amines) is 1. The van der Waals surface area contributed by atoms with Crippen molar-refractivity contribution in [3.8, 4) is 0 Å². The van der Waals surface area contributed by atoms with Gasteiger partial charge in [0.15, 0.2) is 0 Å². The molecule has 0 bridgehead atoms. The first-order chi connectivity index (χ1) is 13.3. The van der Waals surface area contributed by atoms with Crippen molar-refractivity contribution in [2.45, 2.75) is 32.2 Å². The van der Waals surface area contributed by atoms with Crippen molar-refractivity contribution in [1.29, 1.82) is 0 Å². The molecule has 2 aromatic rings. The van der Waals surface area contributed by atoms with Gasteiger partial charge in [0.1, 0.15) is 0 Å². The average molecular weight is 400 g/mol. The Morgan fingerprint density at radius 3 is 2.36 bits per heavy atom. The van der Waals surface area contributed by atoms with E-state index in [0.29, 0.717) is 6.04 Å². The maximum absolute atomic E-state index is 3.65. The van der Waals surface area contributed by atoms with E-state index in [1.807, 2.05) is 0 Å². The largest absolute Gasteiger partial charge is 0.366 e. The molecular formula is C24H34ClN3. The summed E-state index contributed by atoms with van der Waals surface area (Å²) in [5.41, 5.74) is 4.21. The van der Waals surface area contributed by atoms with Gasteiger partial charge in [0.25, 0.3) is 0 Å². The summed E-state index contributed by atoms with van der Waals surface area (Å²) in [6.45, 7) is 9.21. The molecule has 1 unspecified atom stereocenters. The minimum Gasteiger partial charge on any atom is -0.366 e. The molecule has 4 heteroatoms. The molecule has 28 heavy (non-hydrogen) atoms. The third-order valence-corrected chi connectivity index (χ3v) is 6.38. The number of piperazine rings is 1. The fourth-order valence-electron chi connectivity index (χ4n) is 4.70. The Bertz CT molecular complexity index is 696. The molecule has 2 heterocycles. The van der Waals surface area contributed by atoms with Crippen molar-refractivity contribution in [3.63, 3.8) is 0 Å². The van der Waals surface area contributed by atoms with E-state index in [1.165, 1.54) is 55.7 Å². The van der Waals surface area contributed by atoms with E-state index in [4.69, 9.17) is 0 Å². The van der Waals surface area contributed by atoms with Gasteiger partial charge in [0.05, 0.1) is 0 Å². The summed E-state index contributed by atoms with van der Waals surface area (Å²) in [6, 6.07) is 20.7. The second-order valence-electron chi connectivity index (χ2n) is 8.22.